The Morgan fingerprint density at radius 3 is 1.53 bits per heavy atom. The maximum Gasteiger partial charge on any atom is 0.145 e. The van der Waals surface area contributed by atoms with Crippen molar-refractivity contribution in [2.75, 3.05) is 0 Å². The molecule has 0 saturated carbocycles. The molecular formula is C22H22N4O4. The summed E-state index contributed by atoms with van der Waals surface area (Å²) >= 11 is 0. The molecule has 3 aromatic rings. The second-order valence-corrected chi connectivity index (χ2v) is 6.58. The SMILES string of the molecule is Cc1ncc(CO)c(C=Nc2ccccc2N=Cc2c(CO)cnc(C)c2O)c1O. The number of aliphatic hydroxyl groups excluding tert-OH is 2. The highest BCUT2D eigenvalue weighted by atomic mass is 16.3. The maximum atomic E-state index is 10.3. The Hall–Kier alpha value is -3.62. The average Bonchev–Trinajstić information content (AvgIpc) is 2.76. The Bertz CT molecular complexity index is 1040. The van der Waals surface area contributed by atoms with Crippen LogP contribution in [0.15, 0.2) is 46.6 Å². The van der Waals surface area contributed by atoms with Gasteiger partial charge in [-0.15, -0.1) is 0 Å². The molecule has 4 N–H and O–H groups in total. The van der Waals surface area contributed by atoms with Gasteiger partial charge < -0.3 is 20.4 Å². The number of aliphatic imine (C=N–C) groups is 2. The third-order valence-electron chi connectivity index (χ3n) is 4.60. The molecule has 8 heteroatoms. The number of aromatic hydroxyl groups is 2. The first kappa shape index (κ1) is 21.1. The summed E-state index contributed by atoms with van der Waals surface area (Å²) in [6, 6.07) is 7.09. The van der Waals surface area contributed by atoms with Crippen LogP contribution in [0.25, 0.3) is 0 Å². The van der Waals surface area contributed by atoms with E-state index in [1.165, 1.54) is 24.8 Å². The lowest BCUT2D eigenvalue weighted by molar-refractivity contribution is 0.280. The summed E-state index contributed by atoms with van der Waals surface area (Å²) in [5.41, 5.74) is 3.56. The van der Waals surface area contributed by atoms with Crippen molar-refractivity contribution in [2.45, 2.75) is 27.1 Å². The van der Waals surface area contributed by atoms with E-state index >= 15 is 0 Å². The molecular weight excluding hydrogens is 384 g/mol. The van der Waals surface area contributed by atoms with Gasteiger partial charge in [0.25, 0.3) is 0 Å². The van der Waals surface area contributed by atoms with Gasteiger partial charge in [-0.05, 0) is 26.0 Å². The zero-order valence-electron chi connectivity index (χ0n) is 16.6. The Morgan fingerprint density at radius 2 is 1.17 bits per heavy atom. The van der Waals surface area contributed by atoms with Crippen molar-refractivity contribution in [2.24, 2.45) is 9.98 Å². The second kappa shape index (κ2) is 9.25. The minimum atomic E-state index is -0.285. The molecule has 0 radical (unpaired) electrons. The Kier molecular flexibility index (Phi) is 6.51. The molecule has 1 aromatic carbocycles. The maximum absolute atomic E-state index is 10.3. The number of pyridine rings is 2. The summed E-state index contributed by atoms with van der Waals surface area (Å²) in [5, 5.41) is 39.6. The topological polar surface area (TPSA) is 131 Å². The minimum Gasteiger partial charge on any atom is -0.505 e. The molecule has 0 aliphatic rings. The summed E-state index contributed by atoms with van der Waals surface area (Å²) in [4.78, 5) is 16.9. The number of benzene rings is 1. The van der Waals surface area contributed by atoms with E-state index in [0.717, 1.165) is 0 Å². The van der Waals surface area contributed by atoms with Crippen LogP contribution in [0, 0.1) is 13.8 Å². The Balaban J connectivity index is 2.00. The van der Waals surface area contributed by atoms with E-state index in [0.29, 0.717) is 45.0 Å². The summed E-state index contributed by atoms with van der Waals surface area (Å²) in [7, 11) is 0. The van der Waals surface area contributed by atoms with Crippen LogP contribution in [0.3, 0.4) is 0 Å². The number of rotatable bonds is 6. The molecule has 0 saturated heterocycles. The Labute approximate surface area is 173 Å². The fourth-order valence-corrected chi connectivity index (χ4v) is 2.80. The predicted molar refractivity (Wildman–Crippen MR) is 114 cm³/mol. The molecule has 0 amide bonds. The van der Waals surface area contributed by atoms with Crippen LogP contribution in [-0.4, -0.2) is 42.8 Å². The molecule has 8 nitrogen and oxygen atoms in total. The minimum absolute atomic E-state index is 0.0453. The van der Waals surface area contributed by atoms with Gasteiger partial charge in [0, 0.05) is 47.1 Å². The number of aliphatic hydroxyl groups is 2. The summed E-state index contributed by atoms with van der Waals surface area (Å²) in [6.07, 6.45) is 5.89. The van der Waals surface area contributed by atoms with E-state index in [2.05, 4.69) is 20.0 Å². The van der Waals surface area contributed by atoms with Crippen LogP contribution < -0.4 is 0 Å². The van der Waals surface area contributed by atoms with Crippen molar-refractivity contribution < 1.29 is 20.4 Å². The van der Waals surface area contributed by atoms with Crippen molar-refractivity contribution in [1.29, 1.82) is 0 Å². The smallest absolute Gasteiger partial charge is 0.145 e. The average molecular weight is 406 g/mol. The molecule has 0 unspecified atom stereocenters. The summed E-state index contributed by atoms with van der Waals surface area (Å²) < 4.78 is 0. The van der Waals surface area contributed by atoms with Crippen LogP contribution in [0.2, 0.25) is 0 Å². The fourth-order valence-electron chi connectivity index (χ4n) is 2.80. The molecule has 0 spiro atoms. The van der Waals surface area contributed by atoms with Gasteiger partial charge in [0.2, 0.25) is 0 Å². The molecule has 0 bridgehead atoms. The monoisotopic (exact) mass is 406 g/mol. The first-order valence-corrected chi connectivity index (χ1v) is 9.20. The van der Waals surface area contributed by atoms with E-state index in [1.807, 2.05) is 0 Å². The largest absolute Gasteiger partial charge is 0.505 e. The lowest BCUT2D eigenvalue weighted by atomic mass is 10.1. The predicted octanol–water partition coefficient (Wildman–Crippen LogP) is 2.99. The molecule has 0 aliphatic carbocycles. The fraction of sp³-hybridized carbons (Fsp3) is 0.182. The zero-order chi connectivity index (χ0) is 21.7. The van der Waals surface area contributed by atoms with Crippen LogP contribution in [-0.2, 0) is 13.2 Å². The van der Waals surface area contributed by atoms with Gasteiger partial charge in [-0.1, -0.05) is 12.1 Å². The second-order valence-electron chi connectivity index (χ2n) is 6.58. The van der Waals surface area contributed by atoms with Gasteiger partial charge in [-0.25, -0.2) is 0 Å². The van der Waals surface area contributed by atoms with E-state index in [-0.39, 0.29) is 24.7 Å². The highest BCUT2D eigenvalue weighted by Gasteiger charge is 2.11. The third kappa shape index (κ3) is 4.35. The van der Waals surface area contributed by atoms with Crippen molar-refractivity contribution in [1.82, 2.24) is 9.97 Å². The normalized spacial score (nSPS) is 11.6. The van der Waals surface area contributed by atoms with Crippen molar-refractivity contribution in [3.05, 3.63) is 70.3 Å². The number of nitrogens with zero attached hydrogens (tertiary/aromatic N) is 4. The van der Waals surface area contributed by atoms with Crippen LogP contribution in [0.5, 0.6) is 11.5 Å². The van der Waals surface area contributed by atoms with Crippen LogP contribution in [0.4, 0.5) is 11.4 Å². The zero-order valence-corrected chi connectivity index (χ0v) is 16.6. The lowest BCUT2D eigenvalue weighted by Gasteiger charge is -2.08. The lowest BCUT2D eigenvalue weighted by Crippen LogP contribution is -1.98. The highest BCUT2D eigenvalue weighted by molar-refractivity contribution is 5.91. The van der Waals surface area contributed by atoms with E-state index in [9.17, 15) is 20.4 Å². The first-order valence-electron chi connectivity index (χ1n) is 9.20. The van der Waals surface area contributed by atoms with Crippen LogP contribution in [0.1, 0.15) is 33.6 Å². The van der Waals surface area contributed by atoms with E-state index in [1.54, 1.807) is 38.1 Å². The summed E-state index contributed by atoms with van der Waals surface area (Å²) in [6.45, 7) is 2.75. The number of para-hydroxylation sites is 2. The molecule has 0 aliphatic heterocycles. The summed E-state index contributed by atoms with van der Waals surface area (Å²) in [5.74, 6) is -0.0906. The van der Waals surface area contributed by atoms with Crippen LogP contribution >= 0.6 is 0 Å². The van der Waals surface area contributed by atoms with Crippen molar-refractivity contribution in [3.63, 3.8) is 0 Å². The molecule has 2 aromatic heterocycles. The van der Waals surface area contributed by atoms with Gasteiger partial charge in [-0.2, -0.15) is 0 Å². The molecule has 0 atom stereocenters. The van der Waals surface area contributed by atoms with Gasteiger partial charge in [0.1, 0.15) is 11.5 Å². The van der Waals surface area contributed by atoms with Gasteiger partial charge in [0.05, 0.1) is 36.0 Å². The number of aryl methyl sites for hydroxylation is 2. The first-order chi connectivity index (χ1) is 14.5. The molecule has 30 heavy (non-hydrogen) atoms. The third-order valence-corrected chi connectivity index (χ3v) is 4.60. The highest BCUT2D eigenvalue weighted by Crippen LogP contribution is 2.30. The number of aromatic nitrogens is 2. The number of hydrogen-bond acceptors (Lipinski definition) is 8. The van der Waals surface area contributed by atoms with Gasteiger partial charge in [0.15, 0.2) is 0 Å². The molecule has 154 valence electrons. The van der Waals surface area contributed by atoms with Crippen molar-refractivity contribution >= 4 is 23.8 Å². The van der Waals surface area contributed by atoms with E-state index < -0.39 is 0 Å². The van der Waals surface area contributed by atoms with Gasteiger partial charge in [-0.3, -0.25) is 20.0 Å². The molecule has 2 heterocycles. The molecule has 0 fully saturated rings. The standard InChI is InChI=1S/C22H22N4O4/c1-13-21(29)17(15(11-27)7-23-13)9-25-19-5-3-4-6-20(19)26-10-18-16(12-28)8-24-14(2)22(18)30/h3-10,27-30H,11-12H2,1-2H3. The van der Waals surface area contributed by atoms with Gasteiger partial charge >= 0.3 is 0 Å². The number of hydrogen-bond donors (Lipinski definition) is 4. The Morgan fingerprint density at radius 1 is 0.767 bits per heavy atom. The van der Waals surface area contributed by atoms with E-state index in [4.69, 9.17) is 0 Å². The molecule has 3 rings (SSSR count). The quantitative estimate of drug-likeness (QED) is 0.465. The van der Waals surface area contributed by atoms with Crippen molar-refractivity contribution in [3.8, 4) is 11.5 Å².